The van der Waals surface area contributed by atoms with Gasteiger partial charge in [-0.15, -0.1) is 17.1 Å². The lowest BCUT2D eigenvalue weighted by Crippen LogP contribution is -2.33. The van der Waals surface area contributed by atoms with Crippen LogP contribution in [0.3, 0.4) is 0 Å². The van der Waals surface area contributed by atoms with E-state index in [1.54, 1.807) is 24.3 Å². The van der Waals surface area contributed by atoms with Crippen LogP contribution in [0.4, 0.5) is 0 Å². The first-order valence-corrected chi connectivity index (χ1v) is 4.02. The summed E-state index contributed by atoms with van der Waals surface area (Å²) in [5.74, 6) is 0. The van der Waals surface area contributed by atoms with Crippen LogP contribution in [-0.2, 0) is 0 Å². The molecule has 0 saturated heterocycles. The minimum absolute atomic E-state index is 0. The summed E-state index contributed by atoms with van der Waals surface area (Å²) in [5.41, 5.74) is -0.515. The molecule has 1 aromatic heterocycles. The van der Waals surface area contributed by atoms with Gasteiger partial charge in [-0.2, -0.15) is 0 Å². The standard InChI is InChI=1S/C9H8N2O3.ClH/c1-14-11-7-5-3-2-4-6(7)8(12)10-9(11)13;/h2-5H,1H3,(H,10,12,13);1H. The van der Waals surface area contributed by atoms with Gasteiger partial charge in [0.15, 0.2) is 0 Å². The van der Waals surface area contributed by atoms with Crippen molar-refractivity contribution in [2.75, 3.05) is 7.11 Å². The summed E-state index contributed by atoms with van der Waals surface area (Å²) < 4.78 is 1.04. The van der Waals surface area contributed by atoms with Crippen LogP contribution in [0, 0.1) is 0 Å². The van der Waals surface area contributed by atoms with Crippen LogP contribution in [0.5, 0.6) is 0 Å². The topological polar surface area (TPSA) is 64.1 Å². The molecular weight excluding hydrogens is 220 g/mol. The highest BCUT2D eigenvalue weighted by Gasteiger charge is 2.05. The van der Waals surface area contributed by atoms with E-state index in [0.717, 1.165) is 4.73 Å². The Balaban J connectivity index is 0.00000112. The van der Waals surface area contributed by atoms with Crippen LogP contribution in [0.15, 0.2) is 33.9 Å². The Morgan fingerprint density at radius 3 is 2.60 bits per heavy atom. The van der Waals surface area contributed by atoms with Crippen molar-refractivity contribution in [3.05, 3.63) is 45.1 Å². The zero-order valence-electron chi connectivity index (χ0n) is 7.89. The van der Waals surface area contributed by atoms with E-state index < -0.39 is 11.2 Å². The Kier molecular flexibility index (Phi) is 3.16. The van der Waals surface area contributed by atoms with Crippen LogP contribution < -0.4 is 16.1 Å². The van der Waals surface area contributed by atoms with Gasteiger partial charge in [0.2, 0.25) is 0 Å². The molecule has 6 heteroatoms. The van der Waals surface area contributed by atoms with Gasteiger partial charge in [0.25, 0.3) is 5.56 Å². The predicted molar refractivity (Wildman–Crippen MR) is 58.6 cm³/mol. The van der Waals surface area contributed by atoms with Crippen molar-refractivity contribution in [2.24, 2.45) is 0 Å². The van der Waals surface area contributed by atoms with Crippen LogP contribution in [-0.4, -0.2) is 16.8 Å². The smallest absolute Gasteiger partial charge is 0.361 e. The molecule has 0 bridgehead atoms. The SMILES string of the molecule is COn1c(=O)[nH]c(=O)c2ccccc21.Cl. The Morgan fingerprint density at radius 1 is 1.27 bits per heavy atom. The molecule has 0 spiro atoms. The number of halogens is 1. The molecule has 0 unspecified atom stereocenters. The van der Waals surface area contributed by atoms with Crippen molar-refractivity contribution in [3.63, 3.8) is 0 Å². The molecule has 1 aromatic carbocycles. The van der Waals surface area contributed by atoms with E-state index in [2.05, 4.69) is 4.98 Å². The van der Waals surface area contributed by atoms with Gasteiger partial charge < -0.3 is 4.84 Å². The van der Waals surface area contributed by atoms with Crippen molar-refractivity contribution in [1.29, 1.82) is 0 Å². The molecule has 0 aliphatic carbocycles. The second-order valence-corrected chi connectivity index (χ2v) is 2.75. The van der Waals surface area contributed by atoms with Gasteiger partial charge in [-0.1, -0.05) is 12.1 Å². The van der Waals surface area contributed by atoms with Crippen LogP contribution in [0.1, 0.15) is 0 Å². The third-order valence-electron chi connectivity index (χ3n) is 1.95. The molecule has 0 aliphatic rings. The highest BCUT2D eigenvalue weighted by atomic mass is 35.5. The summed E-state index contributed by atoms with van der Waals surface area (Å²) in [4.78, 5) is 29.6. The minimum Gasteiger partial charge on any atom is -0.412 e. The number of fused-ring (bicyclic) bond motifs is 1. The molecule has 1 N–H and O–H groups in total. The number of H-pyrrole nitrogens is 1. The van der Waals surface area contributed by atoms with E-state index in [-0.39, 0.29) is 12.4 Å². The number of rotatable bonds is 1. The Labute approximate surface area is 90.7 Å². The maximum absolute atomic E-state index is 11.3. The molecule has 0 atom stereocenters. The second-order valence-electron chi connectivity index (χ2n) is 2.75. The quantitative estimate of drug-likeness (QED) is 0.757. The highest BCUT2D eigenvalue weighted by Crippen LogP contribution is 2.04. The molecule has 0 radical (unpaired) electrons. The lowest BCUT2D eigenvalue weighted by Gasteiger charge is -2.05. The van der Waals surface area contributed by atoms with E-state index >= 15 is 0 Å². The van der Waals surface area contributed by atoms with Gasteiger partial charge in [-0.3, -0.25) is 9.78 Å². The van der Waals surface area contributed by atoms with Gasteiger partial charge >= 0.3 is 5.69 Å². The third kappa shape index (κ3) is 1.73. The largest absolute Gasteiger partial charge is 0.412 e. The Morgan fingerprint density at radius 2 is 1.93 bits per heavy atom. The van der Waals surface area contributed by atoms with E-state index in [1.807, 2.05) is 0 Å². The molecular formula is C9H9ClN2O3. The number of benzene rings is 1. The number of aromatic nitrogens is 2. The van der Waals surface area contributed by atoms with E-state index in [9.17, 15) is 9.59 Å². The van der Waals surface area contributed by atoms with Gasteiger partial charge in [-0.25, -0.2) is 4.79 Å². The average molecular weight is 229 g/mol. The molecule has 1 heterocycles. The predicted octanol–water partition coefficient (Wildman–Crippen LogP) is 0.170. The molecule has 0 amide bonds. The van der Waals surface area contributed by atoms with Crippen molar-refractivity contribution in [2.45, 2.75) is 0 Å². The fourth-order valence-corrected chi connectivity index (χ4v) is 1.35. The maximum Gasteiger partial charge on any atom is 0.361 e. The Hall–Kier alpha value is -1.75. The fourth-order valence-electron chi connectivity index (χ4n) is 1.35. The summed E-state index contributed by atoms with van der Waals surface area (Å²) >= 11 is 0. The van der Waals surface area contributed by atoms with Gasteiger partial charge in [0.1, 0.15) is 7.11 Å². The summed E-state index contributed by atoms with van der Waals surface area (Å²) in [7, 11) is 1.37. The second kappa shape index (κ2) is 4.18. The summed E-state index contributed by atoms with van der Waals surface area (Å²) in [6.07, 6.45) is 0. The molecule has 5 nitrogen and oxygen atoms in total. The van der Waals surface area contributed by atoms with Crippen molar-refractivity contribution < 1.29 is 4.84 Å². The van der Waals surface area contributed by atoms with E-state index in [4.69, 9.17) is 4.84 Å². The minimum atomic E-state index is -0.573. The van der Waals surface area contributed by atoms with Crippen molar-refractivity contribution in [1.82, 2.24) is 9.71 Å². The van der Waals surface area contributed by atoms with Crippen LogP contribution >= 0.6 is 12.4 Å². The third-order valence-corrected chi connectivity index (χ3v) is 1.95. The number of hydrogen-bond acceptors (Lipinski definition) is 3. The lowest BCUT2D eigenvalue weighted by molar-refractivity contribution is 0.165. The lowest BCUT2D eigenvalue weighted by atomic mass is 10.2. The number of aromatic amines is 1. The van der Waals surface area contributed by atoms with Crippen molar-refractivity contribution in [3.8, 4) is 0 Å². The van der Waals surface area contributed by atoms with Gasteiger partial charge in [-0.05, 0) is 12.1 Å². The Bertz CT molecular complexity index is 588. The number of nitrogens with one attached hydrogen (secondary N) is 1. The van der Waals surface area contributed by atoms with Crippen molar-refractivity contribution >= 4 is 23.3 Å². The normalized spacial score (nSPS) is 9.67. The number of nitrogens with zero attached hydrogens (tertiary/aromatic N) is 1. The zero-order valence-corrected chi connectivity index (χ0v) is 8.71. The molecule has 2 aromatic rings. The first-order valence-electron chi connectivity index (χ1n) is 4.02. The van der Waals surface area contributed by atoms with E-state index in [1.165, 1.54) is 7.11 Å². The van der Waals surface area contributed by atoms with Crippen LogP contribution in [0.25, 0.3) is 10.9 Å². The van der Waals surface area contributed by atoms with E-state index in [0.29, 0.717) is 10.9 Å². The summed E-state index contributed by atoms with van der Waals surface area (Å²) in [6, 6.07) is 6.73. The molecule has 2 rings (SSSR count). The number of hydrogen-bond donors (Lipinski definition) is 1. The summed E-state index contributed by atoms with van der Waals surface area (Å²) in [5, 5.41) is 0.425. The maximum atomic E-state index is 11.3. The van der Waals surface area contributed by atoms with Gasteiger partial charge in [0.05, 0.1) is 10.9 Å². The molecule has 0 aliphatic heterocycles. The number of para-hydroxylation sites is 1. The monoisotopic (exact) mass is 228 g/mol. The highest BCUT2D eigenvalue weighted by molar-refractivity contribution is 5.85. The summed E-state index contributed by atoms with van der Waals surface area (Å²) in [6.45, 7) is 0. The first-order chi connectivity index (χ1) is 6.74. The zero-order chi connectivity index (χ0) is 10.1. The molecule has 0 fully saturated rings. The van der Waals surface area contributed by atoms with Crippen LogP contribution in [0.2, 0.25) is 0 Å². The average Bonchev–Trinajstić information content (AvgIpc) is 2.18. The van der Waals surface area contributed by atoms with Gasteiger partial charge in [0, 0.05) is 0 Å². The first kappa shape index (κ1) is 11.3. The molecule has 0 saturated carbocycles. The molecule has 15 heavy (non-hydrogen) atoms. The molecule has 80 valence electrons. The fraction of sp³-hybridized carbons (Fsp3) is 0.111.